The molecule has 0 unspecified atom stereocenters. The van der Waals surface area contributed by atoms with Crippen LogP contribution in [0.1, 0.15) is 6.92 Å². The van der Waals surface area contributed by atoms with Gasteiger partial charge in [0.1, 0.15) is 0 Å². The molecule has 138 valence electrons. The van der Waals surface area contributed by atoms with Gasteiger partial charge in [-0.3, -0.25) is 4.79 Å². The number of nitrogens with one attached hydrogen (secondary N) is 1. The smallest absolute Gasteiger partial charge is 0.265 e. The fraction of sp³-hybridized carbons (Fsp3) is 0.350. The lowest BCUT2D eigenvalue weighted by Crippen LogP contribution is -2.36. The number of ether oxygens (including phenoxy) is 3. The fourth-order valence-electron chi connectivity index (χ4n) is 2.78. The van der Waals surface area contributed by atoms with Crippen molar-refractivity contribution in [1.82, 2.24) is 0 Å². The predicted molar refractivity (Wildman–Crippen MR) is 101 cm³/mol. The molecule has 1 saturated heterocycles. The second-order valence-corrected chi connectivity index (χ2v) is 6.05. The van der Waals surface area contributed by atoms with Gasteiger partial charge in [-0.25, -0.2) is 0 Å². The third-order valence-electron chi connectivity index (χ3n) is 4.25. The van der Waals surface area contributed by atoms with Crippen molar-refractivity contribution in [2.24, 2.45) is 0 Å². The average molecular weight is 356 g/mol. The number of rotatable bonds is 6. The minimum Gasteiger partial charge on any atom is -0.493 e. The van der Waals surface area contributed by atoms with Gasteiger partial charge >= 0.3 is 0 Å². The number of nitrogens with zero attached hydrogens (tertiary/aromatic N) is 1. The van der Waals surface area contributed by atoms with Crippen molar-refractivity contribution in [2.45, 2.75) is 13.0 Å². The second kappa shape index (κ2) is 8.58. The first kappa shape index (κ1) is 18.1. The zero-order valence-electron chi connectivity index (χ0n) is 15.1. The maximum Gasteiger partial charge on any atom is 0.265 e. The summed E-state index contributed by atoms with van der Waals surface area (Å²) in [4.78, 5) is 14.7. The van der Waals surface area contributed by atoms with Crippen LogP contribution in [0.5, 0.6) is 11.5 Å². The number of hydrogen-bond acceptors (Lipinski definition) is 5. The van der Waals surface area contributed by atoms with E-state index in [0.717, 1.165) is 37.7 Å². The topological polar surface area (TPSA) is 60.0 Å². The number of morpholine rings is 1. The molecule has 1 aliphatic rings. The number of benzene rings is 2. The highest BCUT2D eigenvalue weighted by Crippen LogP contribution is 2.27. The van der Waals surface area contributed by atoms with E-state index in [2.05, 4.69) is 10.2 Å². The molecule has 0 aromatic heterocycles. The fourth-order valence-corrected chi connectivity index (χ4v) is 2.78. The Morgan fingerprint density at radius 1 is 1.08 bits per heavy atom. The highest BCUT2D eigenvalue weighted by molar-refractivity contribution is 5.94. The summed E-state index contributed by atoms with van der Waals surface area (Å²) in [6.45, 7) is 4.97. The number of carbonyl (C=O) groups is 1. The van der Waals surface area contributed by atoms with E-state index >= 15 is 0 Å². The van der Waals surface area contributed by atoms with Gasteiger partial charge in [0.25, 0.3) is 5.91 Å². The highest BCUT2D eigenvalue weighted by atomic mass is 16.5. The van der Waals surface area contributed by atoms with Crippen molar-refractivity contribution in [2.75, 3.05) is 43.6 Å². The number of amides is 1. The van der Waals surface area contributed by atoms with Gasteiger partial charge in [0.15, 0.2) is 17.6 Å². The average Bonchev–Trinajstić information content (AvgIpc) is 2.69. The molecule has 0 bridgehead atoms. The normalized spacial score (nSPS) is 15.2. The van der Waals surface area contributed by atoms with Gasteiger partial charge in [-0.05, 0) is 43.3 Å². The molecule has 0 saturated carbocycles. The molecule has 6 heteroatoms. The summed E-state index contributed by atoms with van der Waals surface area (Å²) in [7, 11) is 1.57. The summed E-state index contributed by atoms with van der Waals surface area (Å²) in [6.07, 6.45) is -0.648. The minimum absolute atomic E-state index is 0.213. The summed E-state index contributed by atoms with van der Waals surface area (Å²) in [5, 5.41) is 2.88. The lowest BCUT2D eigenvalue weighted by molar-refractivity contribution is -0.122. The molecule has 1 fully saturated rings. The van der Waals surface area contributed by atoms with E-state index in [9.17, 15) is 4.79 Å². The quantitative estimate of drug-likeness (QED) is 0.862. The van der Waals surface area contributed by atoms with Crippen LogP contribution in [0.3, 0.4) is 0 Å². The molecular formula is C20H24N2O4. The lowest BCUT2D eigenvalue weighted by atomic mass is 10.2. The number of para-hydroxylation sites is 2. The van der Waals surface area contributed by atoms with Gasteiger partial charge in [0.2, 0.25) is 0 Å². The van der Waals surface area contributed by atoms with Crippen molar-refractivity contribution in [3.63, 3.8) is 0 Å². The molecule has 0 radical (unpaired) electrons. The number of anilines is 2. The summed E-state index contributed by atoms with van der Waals surface area (Å²) in [6, 6.07) is 15.1. The molecule has 2 aromatic rings. The molecule has 1 atom stereocenters. The van der Waals surface area contributed by atoms with Crippen LogP contribution in [0.25, 0.3) is 0 Å². The van der Waals surface area contributed by atoms with E-state index in [4.69, 9.17) is 14.2 Å². The number of methoxy groups -OCH3 is 1. The maximum atomic E-state index is 12.4. The monoisotopic (exact) mass is 356 g/mol. The summed E-state index contributed by atoms with van der Waals surface area (Å²) in [5.74, 6) is 0.928. The second-order valence-electron chi connectivity index (χ2n) is 6.05. The predicted octanol–water partition coefficient (Wildman–Crippen LogP) is 2.94. The Balaban J connectivity index is 1.58. The zero-order valence-corrected chi connectivity index (χ0v) is 15.1. The molecule has 1 amide bonds. The maximum absolute atomic E-state index is 12.4. The number of hydrogen-bond donors (Lipinski definition) is 1. The largest absolute Gasteiger partial charge is 0.493 e. The first-order chi connectivity index (χ1) is 12.7. The molecule has 3 rings (SSSR count). The molecule has 2 aromatic carbocycles. The number of carbonyl (C=O) groups excluding carboxylic acids is 1. The molecule has 6 nitrogen and oxygen atoms in total. The first-order valence-electron chi connectivity index (χ1n) is 8.70. The Hall–Kier alpha value is -2.73. The Kier molecular flexibility index (Phi) is 5.96. The Bertz CT molecular complexity index is 727. The van der Waals surface area contributed by atoms with Crippen LogP contribution >= 0.6 is 0 Å². The molecule has 1 N–H and O–H groups in total. The van der Waals surface area contributed by atoms with Crippen LogP contribution in [0.4, 0.5) is 11.4 Å². The van der Waals surface area contributed by atoms with Crippen molar-refractivity contribution in [3.8, 4) is 11.5 Å². The molecule has 0 aliphatic carbocycles. The van der Waals surface area contributed by atoms with Crippen LogP contribution in [0, 0.1) is 0 Å². The highest BCUT2D eigenvalue weighted by Gasteiger charge is 2.17. The van der Waals surface area contributed by atoms with Crippen molar-refractivity contribution in [1.29, 1.82) is 0 Å². The van der Waals surface area contributed by atoms with Crippen LogP contribution in [0.2, 0.25) is 0 Å². The summed E-state index contributed by atoms with van der Waals surface area (Å²) >= 11 is 0. The van der Waals surface area contributed by atoms with E-state index in [1.807, 2.05) is 36.4 Å². The molecule has 1 aliphatic heterocycles. The Morgan fingerprint density at radius 2 is 1.73 bits per heavy atom. The third kappa shape index (κ3) is 4.46. The molecule has 1 heterocycles. The standard InChI is InChI=1S/C20H24N2O4/c1-15(26-19-6-4-3-5-18(19)24-2)20(23)21-16-7-9-17(10-8-16)22-11-13-25-14-12-22/h3-10,15H,11-14H2,1-2H3,(H,21,23)/t15-/m0/s1. The Morgan fingerprint density at radius 3 is 2.38 bits per heavy atom. The van der Waals surface area contributed by atoms with Crippen LogP contribution in [-0.2, 0) is 9.53 Å². The van der Waals surface area contributed by atoms with Gasteiger partial charge in [-0.15, -0.1) is 0 Å². The van der Waals surface area contributed by atoms with Crippen molar-refractivity contribution >= 4 is 17.3 Å². The molecular weight excluding hydrogens is 332 g/mol. The zero-order chi connectivity index (χ0) is 18.4. The molecule has 0 spiro atoms. The van der Waals surface area contributed by atoms with E-state index in [1.54, 1.807) is 26.2 Å². The van der Waals surface area contributed by atoms with E-state index < -0.39 is 6.10 Å². The van der Waals surface area contributed by atoms with Gasteiger partial charge < -0.3 is 24.4 Å². The lowest BCUT2D eigenvalue weighted by Gasteiger charge is -2.29. The van der Waals surface area contributed by atoms with Gasteiger partial charge in [-0.2, -0.15) is 0 Å². The Labute approximate surface area is 153 Å². The van der Waals surface area contributed by atoms with Gasteiger partial charge in [0.05, 0.1) is 20.3 Å². The van der Waals surface area contributed by atoms with Gasteiger partial charge in [0, 0.05) is 24.5 Å². The third-order valence-corrected chi connectivity index (χ3v) is 4.25. The summed E-state index contributed by atoms with van der Waals surface area (Å²) in [5.41, 5.74) is 1.87. The van der Waals surface area contributed by atoms with Crippen LogP contribution in [0.15, 0.2) is 48.5 Å². The molecule has 26 heavy (non-hydrogen) atoms. The van der Waals surface area contributed by atoms with Crippen LogP contribution < -0.4 is 19.7 Å². The SMILES string of the molecule is COc1ccccc1O[C@@H](C)C(=O)Nc1ccc(N2CCOCC2)cc1. The van der Waals surface area contributed by atoms with E-state index in [1.165, 1.54) is 0 Å². The minimum atomic E-state index is -0.648. The first-order valence-corrected chi connectivity index (χ1v) is 8.70. The van der Waals surface area contributed by atoms with Crippen molar-refractivity contribution < 1.29 is 19.0 Å². The summed E-state index contributed by atoms with van der Waals surface area (Å²) < 4.78 is 16.3. The van der Waals surface area contributed by atoms with Crippen LogP contribution in [-0.4, -0.2) is 45.4 Å². The van der Waals surface area contributed by atoms with Gasteiger partial charge in [-0.1, -0.05) is 12.1 Å². The van der Waals surface area contributed by atoms with E-state index in [-0.39, 0.29) is 5.91 Å². The van der Waals surface area contributed by atoms with Crippen molar-refractivity contribution in [3.05, 3.63) is 48.5 Å². The van der Waals surface area contributed by atoms with E-state index in [0.29, 0.717) is 11.5 Å².